The first kappa shape index (κ1) is 13.2. The summed E-state index contributed by atoms with van der Waals surface area (Å²) in [5, 5.41) is 14.0. The lowest BCUT2D eigenvalue weighted by Gasteiger charge is -2.07. The molecule has 1 aromatic carbocycles. The van der Waals surface area contributed by atoms with Crippen molar-refractivity contribution in [1.29, 1.82) is 0 Å². The molecule has 0 aliphatic carbocycles. The highest BCUT2D eigenvalue weighted by Crippen LogP contribution is 2.18. The number of rotatable bonds is 6. The summed E-state index contributed by atoms with van der Waals surface area (Å²) in [6, 6.07) is 6.85. The van der Waals surface area contributed by atoms with Gasteiger partial charge in [0.25, 0.3) is 5.69 Å². The Morgan fingerprint density at radius 2 is 2.21 bits per heavy atom. The molecule has 6 nitrogen and oxygen atoms in total. The van der Waals surface area contributed by atoms with E-state index < -0.39 is 0 Å². The standard InChI is InChI=1S/C13H16N4O2/c1-14-10-13-15-7-9-16(13)8-6-11-4-2-3-5-12(11)17(18)19/h2-5,7,9,14H,6,8,10H2,1H3. The molecule has 0 aliphatic rings. The van der Waals surface area contributed by atoms with E-state index in [4.69, 9.17) is 0 Å². The summed E-state index contributed by atoms with van der Waals surface area (Å²) in [4.78, 5) is 14.8. The monoisotopic (exact) mass is 260 g/mol. The third-order valence-corrected chi connectivity index (χ3v) is 2.95. The van der Waals surface area contributed by atoms with Crippen molar-refractivity contribution in [2.75, 3.05) is 7.05 Å². The second-order valence-corrected chi connectivity index (χ2v) is 4.20. The maximum atomic E-state index is 10.9. The van der Waals surface area contributed by atoms with Crippen molar-refractivity contribution in [2.24, 2.45) is 0 Å². The quantitative estimate of drug-likeness (QED) is 0.634. The van der Waals surface area contributed by atoms with E-state index in [9.17, 15) is 10.1 Å². The molecule has 1 N–H and O–H groups in total. The molecule has 6 heteroatoms. The van der Waals surface area contributed by atoms with Gasteiger partial charge in [-0.1, -0.05) is 18.2 Å². The molecule has 1 aromatic heterocycles. The first-order valence-electron chi connectivity index (χ1n) is 6.09. The zero-order valence-corrected chi connectivity index (χ0v) is 10.7. The van der Waals surface area contributed by atoms with Crippen molar-refractivity contribution < 1.29 is 4.92 Å². The number of aromatic nitrogens is 2. The molecule has 0 spiro atoms. The SMILES string of the molecule is CNCc1nccn1CCc1ccccc1[N+](=O)[O-]. The molecule has 100 valence electrons. The van der Waals surface area contributed by atoms with Crippen LogP contribution in [-0.4, -0.2) is 21.5 Å². The fourth-order valence-electron chi connectivity index (χ4n) is 2.01. The first-order valence-corrected chi connectivity index (χ1v) is 6.09. The second-order valence-electron chi connectivity index (χ2n) is 4.20. The first-order chi connectivity index (χ1) is 9.22. The maximum absolute atomic E-state index is 10.9. The van der Waals surface area contributed by atoms with E-state index >= 15 is 0 Å². The average Bonchev–Trinajstić information content (AvgIpc) is 2.84. The van der Waals surface area contributed by atoms with Crippen molar-refractivity contribution in [2.45, 2.75) is 19.5 Å². The van der Waals surface area contributed by atoms with Crippen LogP contribution in [0.5, 0.6) is 0 Å². The fourth-order valence-corrected chi connectivity index (χ4v) is 2.01. The molecule has 0 fully saturated rings. The summed E-state index contributed by atoms with van der Waals surface area (Å²) < 4.78 is 2.01. The van der Waals surface area contributed by atoms with E-state index in [0.717, 1.165) is 11.4 Å². The smallest absolute Gasteiger partial charge is 0.272 e. The number of nitro groups is 1. The molecule has 2 rings (SSSR count). The Balaban J connectivity index is 2.10. The number of imidazole rings is 1. The normalized spacial score (nSPS) is 10.6. The number of para-hydroxylation sites is 1. The van der Waals surface area contributed by atoms with Crippen molar-refractivity contribution in [1.82, 2.24) is 14.9 Å². The molecule has 0 saturated heterocycles. The Labute approximate surface area is 111 Å². The number of nitrogens with one attached hydrogen (secondary N) is 1. The topological polar surface area (TPSA) is 73.0 Å². The zero-order valence-electron chi connectivity index (χ0n) is 10.7. The molecule has 0 atom stereocenters. The van der Waals surface area contributed by atoms with Gasteiger partial charge in [-0.05, 0) is 13.5 Å². The summed E-state index contributed by atoms with van der Waals surface area (Å²) in [5.41, 5.74) is 0.925. The van der Waals surface area contributed by atoms with Crippen LogP contribution in [0, 0.1) is 10.1 Å². The van der Waals surface area contributed by atoms with Crippen LogP contribution in [0.25, 0.3) is 0 Å². The van der Waals surface area contributed by atoms with E-state index in [1.807, 2.05) is 23.9 Å². The Morgan fingerprint density at radius 3 is 2.95 bits per heavy atom. The van der Waals surface area contributed by atoms with Gasteiger partial charge in [0.05, 0.1) is 11.5 Å². The van der Waals surface area contributed by atoms with E-state index in [0.29, 0.717) is 19.5 Å². The third kappa shape index (κ3) is 3.17. The van der Waals surface area contributed by atoms with Gasteiger partial charge in [-0.25, -0.2) is 4.98 Å². The minimum atomic E-state index is -0.336. The highest BCUT2D eigenvalue weighted by atomic mass is 16.6. The van der Waals surface area contributed by atoms with Gasteiger partial charge in [-0.15, -0.1) is 0 Å². The highest BCUT2D eigenvalue weighted by Gasteiger charge is 2.12. The van der Waals surface area contributed by atoms with E-state index in [1.165, 1.54) is 6.07 Å². The lowest BCUT2D eigenvalue weighted by atomic mass is 10.1. The van der Waals surface area contributed by atoms with Crippen LogP contribution in [-0.2, 0) is 19.5 Å². The van der Waals surface area contributed by atoms with Gasteiger partial charge in [-0.3, -0.25) is 10.1 Å². The second kappa shape index (κ2) is 6.10. The minimum Gasteiger partial charge on any atom is -0.334 e. The largest absolute Gasteiger partial charge is 0.334 e. The van der Waals surface area contributed by atoms with Crippen LogP contribution in [0.3, 0.4) is 0 Å². The molecule has 1 heterocycles. The van der Waals surface area contributed by atoms with Crippen molar-refractivity contribution >= 4 is 5.69 Å². The van der Waals surface area contributed by atoms with Gasteiger partial charge in [0.15, 0.2) is 0 Å². The number of aryl methyl sites for hydroxylation is 2. The molecule has 0 aliphatic heterocycles. The van der Waals surface area contributed by atoms with Gasteiger partial charge in [0.1, 0.15) is 5.82 Å². The van der Waals surface area contributed by atoms with Crippen LogP contribution in [0.4, 0.5) is 5.69 Å². The lowest BCUT2D eigenvalue weighted by molar-refractivity contribution is -0.385. The molecule has 2 aromatic rings. The van der Waals surface area contributed by atoms with Crippen molar-refractivity contribution in [3.8, 4) is 0 Å². The zero-order chi connectivity index (χ0) is 13.7. The lowest BCUT2D eigenvalue weighted by Crippen LogP contribution is -2.13. The number of nitrogens with zero attached hydrogens (tertiary/aromatic N) is 3. The predicted molar refractivity (Wildman–Crippen MR) is 71.8 cm³/mol. The number of nitro benzene ring substituents is 1. The Hall–Kier alpha value is -2.21. The molecular weight excluding hydrogens is 244 g/mol. The predicted octanol–water partition coefficient (Wildman–Crippen LogP) is 1.75. The van der Waals surface area contributed by atoms with Crippen LogP contribution >= 0.6 is 0 Å². The van der Waals surface area contributed by atoms with Crippen LogP contribution in [0.15, 0.2) is 36.7 Å². The maximum Gasteiger partial charge on any atom is 0.272 e. The molecule has 19 heavy (non-hydrogen) atoms. The molecule has 0 radical (unpaired) electrons. The van der Waals surface area contributed by atoms with E-state index in [2.05, 4.69) is 10.3 Å². The summed E-state index contributed by atoms with van der Waals surface area (Å²) in [7, 11) is 1.86. The summed E-state index contributed by atoms with van der Waals surface area (Å²) in [6.45, 7) is 1.37. The van der Waals surface area contributed by atoms with Crippen LogP contribution in [0.1, 0.15) is 11.4 Å². The van der Waals surface area contributed by atoms with Gasteiger partial charge >= 0.3 is 0 Å². The minimum absolute atomic E-state index is 0.179. The Morgan fingerprint density at radius 1 is 1.42 bits per heavy atom. The van der Waals surface area contributed by atoms with Crippen molar-refractivity contribution in [3.63, 3.8) is 0 Å². The fraction of sp³-hybridized carbons (Fsp3) is 0.308. The molecule has 0 amide bonds. The molecule has 0 saturated carbocycles. The summed E-state index contributed by atoms with van der Waals surface area (Å²) in [6.07, 6.45) is 4.25. The van der Waals surface area contributed by atoms with E-state index in [-0.39, 0.29) is 10.6 Å². The van der Waals surface area contributed by atoms with Crippen LogP contribution in [0.2, 0.25) is 0 Å². The van der Waals surface area contributed by atoms with Crippen molar-refractivity contribution in [3.05, 3.63) is 58.2 Å². The Bertz CT molecular complexity index is 565. The summed E-state index contributed by atoms with van der Waals surface area (Å²) >= 11 is 0. The van der Waals surface area contributed by atoms with Gasteiger partial charge < -0.3 is 9.88 Å². The molecule has 0 unspecified atom stereocenters. The molecule has 0 bridgehead atoms. The highest BCUT2D eigenvalue weighted by molar-refractivity contribution is 5.39. The average molecular weight is 260 g/mol. The molecular formula is C13H16N4O2. The van der Waals surface area contributed by atoms with Gasteiger partial charge in [0, 0.05) is 30.6 Å². The number of benzene rings is 1. The van der Waals surface area contributed by atoms with Gasteiger partial charge in [-0.2, -0.15) is 0 Å². The Kier molecular flexibility index (Phi) is 4.25. The number of hydrogen-bond acceptors (Lipinski definition) is 4. The third-order valence-electron chi connectivity index (χ3n) is 2.95. The van der Waals surface area contributed by atoms with Crippen LogP contribution < -0.4 is 5.32 Å². The number of hydrogen-bond donors (Lipinski definition) is 1. The summed E-state index contributed by atoms with van der Waals surface area (Å²) in [5.74, 6) is 0.932. The van der Waals surface area contributed by atoms with E-state index in [1.54, 1.807) is 18.3 Å². The van der Waals surface area contributed by atoms with Gasteiger partial charge in [0.2, 0.25) is 0 Å².